The summed E-state index contributed by atoms with van der Waals surface area (Å²) in [7, 11) is -1.87. The zero-order chi connectivity index (χ0) is 13.6. The number of hydrogen-bond donors (Lipinski definition) is 1. The highest BCUT2D eigenvalue weighted by Gasteiger charge is 2.14. The van der Waals surface area contributed by atoms with Crippen LogP contribution in [0.25, 0.3) is 0 Å². The van der Waals surface area contributed by atoms with Gasteiger partial charge in [-0.3, -0.25) is 0 Å². The molecule has 0 saturated carbocycles. The van der Waals surface area contributed by atoms with E-state index in [0.29, 0.717) is 4.90 Å². The van der Waals surface area contributed by atoms with E-state index in [1.54, 1.807) is 19.2 Å². The third-order valence-electron chi connectivity index (χ3n) is 2.74. The Hall–Kier alpha value is -0.910. The minimum absolute atomic E-state index is 0.140. The van der Waals surface area contributed by atoms with Crippen LogP contribution in [0.4, 0.5) is 0 Å². The molecule has 102 valence electrons. The van der Waals surface area contributed by atoms with Gasteiger partial charge in [0, 0.05) is 13.7 Å². The molecule has 0 aliphatic carbocycles. The van der Waals surface area contributed by atoms with Gasteiger partial charge in [0.1, 0.15) is 0 Å². The first-order chi connectivity index (χ1) is 8.49. The third kappa shape index (κ3) is 4.40. The minimum Gasteiger partial charge on any atom is -0.380 e. The number of hydrogen-bond acceptors (Lipinski definition) is 3. The molecule has 4 nitrogen and oxygen atoms in total. The lowest BCUT2D eigenvalue weighted by molar-refractivity contribution is 0.122. The molecule has 0 spiro atoms. The molecule has 0 bridgehead atoms. The van der Waals surface area contributed by atoms with Gasteiger partial charge in [-0.05, 0) is 31.0 Å². The van der Waals surface area contributed by atoms with Crippen LogP contribution in [0.15, 0.2) is 29.2 Å². The van der Waals surface area contributed by atoms with Crippen molar-refractivity contribution in [3.8, 4) is 0 Å². The normalized spacial score (nSPS) is 13.5. The second-order valence-electron chi connectivity index (χ2n) is 4.29. The first-order valence-corrected chi connectivity index (χ1v) is 7.59. The number of nitrogens with one attached hydrogen (secondary N) is 1. The fraction of sp³-hybridized carbons (Fsp3) is 0.538. The van der Waals surface area contributed by atoms with Gasteiger partial charge in [0.2, 0.25) is 10.0 Å². The predicted molar refractivity (Wildman–Crippen MR) is 72.1 cm³/mol. The minimum atomic E-state index is -3.43. The van der Waals surface area contributed by atoms with Crippen molar-refractivity contribution in [2.75, 3.05) is 13.7 Å². The molecule has 0 aliphatic heterocycles. The van der Waals surface area contributed by atoms with Crippen LogP contribution in [0.5, 0.6) is 0 Å². The van der Waals surface area contributed by atoms with Crippen molar-refractivity contribution in [2.45, 2.75) is 37.7 Å². The molecule has 5 heteroatoms. The largest absolute Gasteiger partial charge is 0.380 e. The van der Waals surface area contributed by atoms with Crippen molar-refractivity contribution in [3.05, 3.63) is 29.8 Å². The summed E-state index contributed by atoms with van der Waals surface area (Å²) in [6.07, 6.45) is 1.88. The fourth-order valence-electron chi connectivity index (χ4n) is 1.52. The first-order valence-electron chi connectivity index (χ1n) is 6.11. The van der Waals surface area contributed by atoms with Crippen molar-refractivity contribution in [1.82, 2.24) is 4.72 Å². The maximum Gasteiger partial charge on any atom is 0.240 e. The van der Waals surface area contributed by atoms with E-state index in [9.17, 15) is 8.42 Å². The Balaban J connectivity index is 2.72. The summed E-state index contributed by atoms with van der Waals surface area (Å²) in [5, 5.41) is 0. The molecule has 1 atom stereocenters. The molecule has 1 aromatic carbocycles. The van der Waals surface area contributed by atoms with Gasteiger partial charge < -0.3 is 4.74 Å². The molecule has 1 unspecified atom stereocenters. The van der Waals surface area contributed by atoms with Crippen LogP contribution in [0.1, 0.15) is 25.8 Å². The van der Waals surface area contributed by atoms with Gasteiger partial charge >= 0.3 is 0 Å². The maximum atomic E-state index is 12.0. The van der Waals surface area contributed by atoms with Crippen LogP contribution < -0.4 is 4.72 Å². The SMILES string of the molecule is CCCc1ccc(S(=O)(=O)NCC(C)OC)cc1. The van der Waals surface area contributed by atoms with Crippen LogP contribution in [0.2, 0.25) is 0 Å². The summed E-state index contributed by atoms with van der Waals surface area (Å²) in [5.41, 5.74) is 1.15. The van der Waals surface area contributed by atoms with E-state index in [0.717, 1.165) is 18.4 Å². The van der Waals surface area contributed by atoms with Crippen LogP contribution in [-0.2, 0) is 21.2 Å². The summed E-state index contributed by atoms with van der Waals surface area (Å²) in [4.78, 5) is 0.297. The Kier molecular flexibility index (Phi) is 5.78. The second kappa shape index (κ2) is 6.87. The van der Waals surface area contributed by atoms with E-state index in [1.807, 2.05) is 19.1 Å². The van der Waals surface area contributed by atoms with E-state index in [2.05, 4.69) is 11.6 Å². The monoisotopic (exact) mass is 271 g/mol. The molecule has 1 rings (SSSR count). The molecule has 0 fully saturated rings. The van der Waals surface area contributed by atoms with Crippen LogP contribution in [0, 0.1) is 0 Å². The Bertz CT molecular complexity index is 454. The van der Waals surface area contributed by atoms with Crippen molar-refractivity contribution < 1.29 is 13.2 Å². The van der Waals surface area contributed by atoms with Crippen molar-refractivity contribution >= 4 is 10.0 Å². The molecule has 0 aromatic heterocycles. The van der Waals surface area contributed by atoms with E-state index in [1.165, 1.54) is 0 Å². The van der Waals surface area contributed by atoms with Gasteiger partial charge in [0.25, 0.3) is 0 Å². The quantitative estimate of drug-likeness (QED) is 0.824. The van der Waals surface area contributed by atoms with Crippen molar-refractivity contribution in [3.63, 3.8) is 0 Å². The topological polar surface area (TPSA) is 55.4 Å². The van der Waals surface area contributed by atoms with Gasteiger partial charge in [-0.2, -0.15) is 0 Å². The molecular formula is C13H21NO3S. The van der Waals surface area contributed by atoms with E-state index in [-0.39, 0.29) is 12.6 Å². The highest BCUT2D eigenvalue weighted by molar-refractivity contribution is 7.89. The van der Waals surface area contributed by atoms with E-state index < -0.39 is 10.0 Å². The predicted octanol–water partition coefficient (Wildman–Crippen LogP) is 1.95. The molecular weight excluding hydrogens is 250 g/mol. The fourth-order valence-corrected chi connectivity index (χ4v) is 2.63. The number of sulfonamides is 1. The highest BCUT2D eigenvalue weighted by Crippen LogP contribution is 2.11. The number of aryl methyl sites for hydroxylation is 1. The van der Waals surface area contributed by atoms with Gasteiger partial charge in [-0.1, -0.05) is 25.5 Å². The Morgan fingerprint density at radius 3 is 2.39 bits per heavy atom. The summed E-state index contributed by atoms with van der Waals surface area (Å²) in [6, 6.07) is 7.01. The lowest BCUT2D eigenvalue weighted by Crippen LogP contribution is -2.31. The van der Waals surface area contributed by atoms with Gasteiger partial charge in [-0.25, -0.2) is 13.1 Å². The highest BCUT2D eigenvalue weighted by atomic mass is 32.2. The lowest BCUT2D eigenvalue weighted by Gasteiger charge is -2.11. The Morgan fingerprint density at radius 2 is 1.89 bits per heavy atom. The maximum absolute atomic E-state index is 12.0. The van der Waals surface area contributed by atoms with Gasteiger partial charge in [0.15, 0.2) is 0 Å². The number of rotatable bonds is 7. The molecule has 0 aliphatic rings. The van der Waals surface area contributed by atoms with Crippen LogP contribution in [-0.4, -0.2) is 28.2 Å². The Labute approximate surface area is 109 Å². The summed E-state index contributed by atoms with van der Waals surface area (Å²) in [5.74, 6) is 0. The molecule has 0 saturated heterocycles. The second-order valence-corrected chi connectivity index (χ2v) is 6.06. The smallest absolute Gasteiger partial charge is 0.240 e. The number of benzene rings is 1. The third-order valence-corrected chi connectivity index (χ3v) is 4.17. The lowest BCUT2D eigenvalue weighted by atomic mass is 10.1. The zero-order valence-corrected chi connectivity index (χ0v) is 12.0. The molecule has 0 amide bonds. The average Bonchev–Trinajstić information content (AvgIpc) is 2.37. The van der Waals surface area contributed by atoms with Crippen molar-refractivity contribution in [2.24, 2.45) is 0 Å². The first kappa shape index (κ1) is 15.1. The average molecular weight is 271 g/mol. The number of methoxy groups -OCH3 is 1. The van der Waals surface area contributed by atoms with Gasteiger partial charge in [-0.15, -0.1) is 0 Å². The van der Waals surface area contributed by atoms with E-state index >= 15 is 0 Å². The summed E-state index contributed by atoms with van der Waals surface area (Å²) < 4.78 is 31.4. The van der Waals surface area contributed by atoms with Crippen molar-refractivity contribution in [1.29, 1.82) is 0 Å². The summed E-state index contributed by atoms with van der Waals surface area (Å²) >= 11 is 0. The van der Waals surface area contributed by atoms with Crippen LogP contribution >= 0.6 is 0 Å². The molecule has 1 N–H and O–H groups in total. The zero-order valence-electron chi connectivity index (χ0n) is 11.1. The molecule has 1 aromatic rings. The summed E-state index contributed by atoms with van der Waals surface area (Å²) in [6.45, 7) is 4.18. The molecule has 0 radical (unpaired) electrons. The molecule has 18 heavy (non-hydrogen) atoms. The van der Waals surface area contributed by atoms with Gasteiger partial charge in [0.05, 0.1) is 11.0 Å². The van der Waals surface area contributed by atoms with Crippen LogP contribution in [0.3, 0.4) is 0 Å². The number of ether oxygens (including phenoxy) is 1. The van der Waals surface area contributed by atoms with E-state index in [4.69, 9.17) is 4.74 Å². The molecule has 0 heterocycles. The standard InChI is InChI=1S/C13H21NO3S/c1-4-5-12-6-8-13(9-7-12)18(15,16)14-10-11(2)17-3/h6-9,11,14H,4-5,10H2,1-3H3. The Morgan fingerprint density at radius 1 is 1.28 bits per heavy atom.